The highest BCUT2D eigenvalue weighted by Gasteiger charge is 2.42. The molecule has 0 bridgehead atoms. The molecule has 27 heavy (non-hydrogen) atoms. The molecule has 1 aromatic heterocycles. The molecule has 1 fully saturated rings. The van der Waals surface area contributed by atoms with Crippen LogP contribution < -0.4 is 10.2 Å². The van der Waals surface area contributed by atoms with Gasteiger partial charge in [-0.2, -0.15) is 0 Å². The first-order valence-corrected chi connectivity index (χ1v) is 10.9. The molecule has 0 aliphatic carbocycles. The average molecular weight is 400 g/mol. The summed E-state index contributed by atoms with van der Waals surface area (Å²) in [5, 5.41) is 5.67. The molecule has 2 aliphatic rings. The molecule has 4 rings (SSSR count). The van der Waals surface area contributed by atoms with Crippen LogP contribution in [0.25, 0.3) is 0 Å². The van der Waals surface area contributed by atoms with E-state index in [1.54, 1.807) is 23.1 Å². The van der Waals surface area contributed by atoms with Gasteiger partial charge in [0, 0.05) is 22.7 Å². The molecule has 1 saturated heterocycles. The fourth-order valence-electron chi connectivity index (χ4n) is 3.57. The molecule has 0 spiro atoms. The summed E-state index contributed by atoms with van der Waals surface area (Å²) < 4.78 is 0. The maximum absolute atomic E-state index is 13.1. The highest BCUT2D eigenvalue weighted by molar-refractivity contribution is 8.14. The van der Waals surface area contributed by atoms with Crippen LogP contribution in [0.3, 0.4) is 0 Å². The van der Waals surface area contributed by atoms with Crippen molar-refractivity contribution in [1.82, 2.24) is 5.32 Å². The lowest BCUT2D eigenvalue weighted by atomic mass is 9.86. The number of piperidine rings is 1. The van der Waals surface area contributed by atoms with E-state index >= 15 is 0 Å². The van der Waals surface area contributed by atoms with Gasteiger partial charge in [-0.1, -0.05) is 35.5 Å². The highest BCUT2D eigenvalue weighted by Crippen LogP contribution is 2.41. The van der Waals surface area contributed by atoms with Gasteiger partial charge in [-0.05, 0) is 36.9 Å². The molecule has 0 unspecified atom stereocenters. The van der Waals surface area contributed by atoms with Gasteiger partial charge in [-0.25, -0.2) is 0 Å². The third-order valence-electron chi connectivity index (χ3n) is 4.90. The van der Waals surface area contributed by atoms with Crippen LogP contribution in [0, 0.1) is 12.8 Å². The lowest BCUT2D eigenvalue weighted by Crippen LogP contribution is -2.48. The Bertz CT molecular complexity index is 862. The molecule has 140 valence electrons. The molecule has 5 nitrogen and oxygen atoms in total. The van der Waals surface area contributed by atoms with E-state index in [-0.39, 0.29) is 23.8 Å². The normalized spacial score (nSPS) is 22.6. The first-order chi connectivity index (χ1) is 13.1. The lowest BCUT2D eigenvalue weighted by molar-refractivity contribution is -0.128. The Morgan fingerprint density at radius 3 is 2.74 bits per heavy atom. The van der Waals surface area contributed by atoms with Crippen LogP contribution >= 0.6 is 23.1 Å². The third-order valence-corrected chi connectivity index (χ3v) is 6.73. The Balaban J connectivity index is 1.69. The fraction of sp³-hybridized carbons (Fsp3) is 0.350. The number of anilines is 1. The van der Waals surface area contributed by atoms with E-state index in [0.29, 0.717) is 18.0 Å². The number of amides is 2. The van der Waals surface area contributed by atoms with Crippen molar-refractivity contribution in [2.75, 3.05) is 17.2 Å². The fourth-order valence-corrected chi connectivity index (χ4v) is 5.18. The van der Waals surface area contributed by atoms with Gasteiger partial charge in [0.2, 0.25) is 11.8 Å². The van der Waals surface area contributed by atoms with Crippen LogP contribution in [0.4, 0.5) is 5.69 Å². The zero-order valence-electron chi connectivity index (χ0n) is 15.1. The van der Waals surface area contributed by atoms with Crippen molar-refractivity contribution in [3.05, 3.63) is 52.2 Å². The van der Waals surface area contributed by atoms with Crippen molar-refractivity contribution in [3.8, 4) is 0 Å². The number of benzene rings is 1. The molecule has 0 radical (unpaired) electrons. The number of carbonyl (C=O) groups is 2. The van der Waals surface area contributed by atoms with E-state index in [9.17, 15) is 9.59 Å². The molecule has 1 N–H and O–H groups in total. The average Bonchev–Trinajstić information content (AvgIpc) is 3.36. The van der Waals surface area contributed by atoms with Crippen molar-refractivity contribution >= 4 is 45.8 Å². The number of rotatable bonds is 3. The SMILES string of the molecule is Cc1ccc(N2C(=O)CC[C@@H](C(=O)NC3=NCCS3)[C@H]2c2cccs2)cc1. The Morgan fingerprint density at radius 2 is 2.07 bits per heavy atom. The van der Waals surface area contributed by atoms with Gasteiger partial charge >= 0.3 is 0 Å². The standard InChI is InChI=1S/C20H21N3O2S2/c1-13-4-6-14(7-5-13)23-17(24)9-8-15(18(23)16-3-2-11-26-16)19(25)22-20-21-10-12-27-20/h2-7,11,15,18H,8-10,12H2,1H3,(H,21,22,25)/t15-,18+/m1/s1. The van der Waals surface area contributed by atoms with Crippen molar-refractivity contribution < 1.29 is 9.59 Å². The zero-order chi connectivity index (χ0) is 18.8. The molecule has 2 amide bonds. The molecular formula is C20H21N3O2S2. The second kappa shape index (κ2) is 7.86. The van der Waals surface area contributed by atoms with Crippen LogP contribution in [-0.2, 0) is 9.59 Å². The number of carbonyl (C=O) groups excluding carboxylic acids is 2. The number of thioether (sulfide) groups is 1. The minimum absolute atomic E-state index is 0.0499. The summed E-state index contributed by atoms with van der Waals surface area (Å²) in [7, 11) is 0. The molecule has 0 saturated carbocycles. The van der Waals surface area contributed by atoms with Crippen molar-refractivity contribution in [1.29, 1.82) is 0 Å². The minimum atomic E-state index is -0.299. The monoisotopic (exact) mass is 399 g/mol. The van der Waals surface area contributed by atoms with Gasteiger partial charge in [0.25, 0.3) is 0 Å². The minimum Gasteiger partial charge on any atom is -0.305 e. The number of aryl methyl sites for hydroxylation is 1. The number of hydrogen-bond donors (Lipinski definition) is 1. The van der Waals surface area contributed by atoms with E-state index in [1.165, 1.54) is 0 Å². The van der Waals surface area contributed by atoms with Gasteiger partial charge in [0.05, 0.1) is 18.5 Å². The summed E-state index contributed by atoms with van der Waals surface area (Å²) in [6.07, 6.45) is 0.918. The molecule has 3 heterocycles. The number of amidine groups is 1. The van der Waals surface area contributed by atoms with Crippen molar-refractivity contribution in [3.63, 3.8) is 0 Å². The summed E-state index contributed by atoms with van der Waals surface area (Å²) in [6, 6.07) is 11.6. The maximum Gasteiger partial charge on any atom is 0.231 e. The van der Waals surface area contributed by atoms with E-state index < -0.39 is 0 Å². The Labute approximate surface area is 166 Å². The number of nitrogens with one attached hydrogen (secondary N) is 1. The van der Waals surface area contributed by atoms with Crippen LogP contribution in [0.5, 0.6) is 0 Å². The van der Waals surface area contributed by atoms with E-state index in [0.717, 1.165) is 28.4 Å². The zero-order valence-corrected chi connectivity index (χ0v) is 16.7. The third kappa shape index (κ3) is 3.80. The van der Waals surface area contributed by atoms with Crippen molar-refractivity contribution in [2.24, 2.45) is 10.9 Å². The maximum atomic E-state index is 13.1. The van der Waals surface area contributed by atoms with E-state index in [1.807, 2.05) is 53.6 Å². The number of hydrogen-bond acceptors (Lipinski definition) is 5. The molecule has 2 aromatic rings. The summed E-state index contributed by atoms with van der Waals surface area (Å²) in [5.74, 6) is 0.620. The lowest BCUT2D eigenvalue weighted by Gasteiger charge is -2.40. The summed E-state index contributed by atoms with van der Waals surface area (Å²) in [5.41, 5.74) is 1.98. The molecule has 1 aromatic carbocycles. The number of aliphatic imine (C=N–C) groups is 1. The Morgan fingerprint density at radius 1 is 1.26 bits per heavy atom. The van der Waals surface area contributed by atoms with Crippen molar-refractivity contribution in [2.45, 2.75) is 25.8 Å². The molecule has 7 heteroatoms. The van der Waals surface area contributed by atoms with Gasteiger partial charge in [-0.3, -0.25) is 14.6 Å². The summed E-state index contributed by atoms with van der Waals surface area (Å²) >= 11 is 3.16. The highest BCUT2D eigenvalue weighted by atomic mass is 32.2. The Kier molecular flexibility index (Phi) is 5.31. The Hall–Kier alpha value is -2.12. The predicted octanol–water partition coefficient (Wildman–Crippen LogP) is 3.76. The van der Waals surface area contributed by atoms with Crippen LogP contribution in [-0.4, -0.2) is 29.3 Å². The topological polar surface area (TPSA) is 61.8 Å². The second-order valence-corrected chi connectivity index (χ2v) is 8.79. The summed E-state index contributed by atoms with van der Waals surface area (Å²) in [6.45, 7) is 2.77. The molecule has 2 aliphatic heterocycles. The second-order valence-electron chi connectivity index (χ2n) is 6.73. The van der Waals surface area contributed by atoms with Gasteiger partial charge < -0.3 is 10.2 Å². The van der Waals surface area contributed by atoms with Crippen LogP contribution in [0.2, 0.25) is 0 Å². The largest absolute Gasteiger partial charge is 0.305 e. The first-order valence-electron chi connectivity index (χ1n) is 9.04. The van der Waals surface area contributed by atoms with Gasteiger partial charge in [0.15, 0.2) is 5.17 Å². The van der Waals surface area contributed by atoms with Crippen LogP contribution in [0.15, 0.2) is 46.8 Å². The van der Waals surface area contributed by atoms with Gasteiger partial charge in [-0.15, -0.1) is 11.3 Å². The number of thiophene rings is 1. The summed E-state index contributed by atoms with van der Waals surface area (Å²) in [4.78, 5) is 33.1. The van der Waals surface area contributed by atoms with Crippen LogP contribution in [0.1, 0.15) is 29.3 Å². The van der Waals surface area contributed by atoms with E-state index in [4.69, 9.17) is 0 Å². The molecular weight excluding hydrogens is 378 g/mol. The quantitative estimate of drug-likeness (QED) is 0.855. The predicted molar refractivity (Wildman–Crippen MR) is 111 cm³/mol. The first kappa shape index (κ1) is 18.3. The molecule has 2 atom stereocenters. The van der Waals surface area contributed by atoms with E-state index in [2.05, 4.69) is 10.3 Å². The number of nitrogens with zero attached hydrogens (tertiary/aromatic N) is 2. The smallest absolute Gasteiger partial charge is 0.231 e. The van der Waals surface area contributed by atoms with Gasteiger partial charge in [0.1, 0.15) is 0 Å².